The molecule has 5 heteroatoms. The second-order valence-electron chi connectivity index (χ2n) is 8.41. The summed E-state index contributed by atoms with van der Waals surface area (Å²) in [5, 5.41) is 7.77. The molecule has 1 unspecified atom stereocenters. The number of carbonyl (C=O) groups excluding carboxylic acids is 1. The van der Waals surface area contributed by atoms with Crippen molar-refractivity contribution in [3.63, 3.8) is 0 Å². The lowest BCUT2D eigenvalue weighted by Gasteiger charge is -2.28. The molecule has 2 aliphatic rings. The Morgan fingerprint density at radius 2 is 1.92 bits per heavy atom. The highest BCUT2D eigenvalue weighted by Gasteiger charge is 2.34. The number of hydrogen-bond donors (Lipinski definition) is 3. The molecule has 3 N–H and O–H groups in total. The van der Waals surface area contributed by atoms with Crippen molar-refractivity contribution >= 4 is 22.2 Å². The fraction of sp³-hybridized carbons (Fsp3) is 0.476. The molecule has 1 aromatic carbocycles. The van der Waals surface area contributed by atoms with E-state index in [4.69, 9.17) is 0 Å². The average Bonchev–Trinajstić information content (AvgIpc) is 2.98. The van der Waals surface area contributed by atoms with E-state index in [-0.39, 0.29) is 17.5 Å². The van der Waals surface area contributed by atoms with Crippen LogP contribution in [0.4, 0.5) is 5.00 Å². The Bertz CT molecular complexity index is 832. The minimum atomic E-state index is -0.154. The summed E-state index contributed by atoms with van der Waals surface area (Å²) in [4.78, 5) is 15.8. The second kappa shape index (κ2) is 6.39. The zero-order valence-corrected chi connectivity index (χ0v) is 16.8. The Labute approximate surface area is 159 Å². The van der Waals surface area contributed by atoms with Gasteiger partial charge in [0.05, 0.1) is 23.5 Å². The maximum Gasteiger partial charge on any atom is 0.256 e. The molecule has 0 bridgehead atoms. The van der Waals surface area contributed by atoms with Crippen LogP contribution in [-0.4, -0.2) is 19.0 Å². The fourth-order valence-electron chi connectivity index (χ4n) is 3.89. The number of quaternary nitrogens is 1. The van der Waals surface area contributed by atoms with E-state index in [2.05, 4.69) is 62.6 Å². The Morgan fingerprint density at radius 3 is 2.58 bits per heavy atom. The van der Waals surface area contributed by atoms with Crippen molar-refractivity contribution in [1.82, 2.24) is 5.32 Å². The first-order valence-corrected chi connectivity index (χ1v) is 10.3. The van der Waals surface area contributed by atoms with Crippen LogP contribution in [0.3, 0.4) is 0 Å². The van der Waals surface area contributed by atoms with Gasteiger partial charge in [0, 0.05) is 6.42 Å². The van der Waals surface area contributed by atoms with Crippen LogP contribution < -0.4 is 15.5 Å². The molecule has 0 radical (unpaired) electrons. The smallest absolute Gasteiger partial charge is 0.256 e. The Hall–Kier alpha value is -1.85. The van der Waals surface area contributed by atoms with E-state index in [0.717, 1.165) is 42.2 Å². The van der Waals surface area contributed by atoms with Crippen molar-refractivity contribution in [1.29, 1.82) is 0 Å². The molecule has 26 heavy (non-hydrogen) atoms. The fourth-order valence-corrected chi connectivity index (χ4v) is 5.24. The summed E-state index contributed by atoms with van der Waals surface area (Å²) >= 11 is 1.77. The van der Waals surface area contributed by atoms with Crippen LogP contribution >= 0.6 is 11.3 Å². The summed E-state index contributed by atoms with van der Waals surface area (Å²) in [7, 11) is 0. The molecule has 0 spiro atoms. The van der Waals surface area contributed by atoms with E-state index in [9.17, 15) is 4.79 Å². The van der Waals surface area contributed by atoms with Crippen LogP contribution in [0.2, 0.25) is 0 Å². The van der Waals surface area contributed by atoms with Gasteiger partial charge in [-0.25, -0.2) is 0 Å². The van der Waals surface area contributed by atoms with E-state index in [1.165, 1.54) is 16.0 Å². The Morgan fingerprint density at radius 1 is 1.19 bits per heavy atom. The predicted octanol–water partition coefficient (Wildman–Crippen LogP) is 2.86. The van der Waals surface area contributed by atoms with Crippen molar-refractivity contribution in [2.45, 2.75) is 52.2 Å². The van der Waals surface area contributed by atoms with Gasteiger partial charge in [-0.15, -0.1) is 11.3 Å². The number of thiophene rings is 1. The lowest BCUT2D eigenvalue weighted by molar-refractivity contribution is -0.913. The number of likely N-dealkylation sites (N-methyl/N-ethyl adjacent to an activating group) is 1. The maximum atomic E-state index is 12.8. The summed E-state index contributed by atoms with van der Waals surface area (Å²) in [6.45, 7) is 12.2. The predicted molar refractivity (Wildman–Crippen MR) is 107 cm³/mol. The molecule has 2 aliphatic heterocycles. The standard InChI is InChI=1S/C21H27N3OS/c1-5-24-11-10-15-16(12-24)26-20-17(15)19(25)22-18(23-20)13-6-8-14(9-7-13)21(2,3)4/h6-9,18,23H,5,10-12H2,1-4H3,(H,22,25)/p+1/t18-/m0/s1. The summed E-state index contributed by atoms with van der Waals surface area (Å²) in [5.41, 5.74) is 4.70. The van der Waals surface area contributed by atoms with Crippen LogP contribution in [0.25, 0.3) is 0 Å². The highest BCUT2D eigenvalue weighted by molar-refractivity contribution is 7.16. The van der Waals surface area contributed by atoms with Gasteiger partial charge < -0.3 is 15.5 Å². The zero-order valence-electron chi connectivity index (χ0n) is 16.0. The Kier molecular flexibility index (Phi) is 4.32. The third-order valence-electron chi connectivity index (χ3n) is 5.62. The van der Waals surface area contributed by atoms with E-state index < -0.39 is 0 Å². The molecule has 4 nitrogen and oxygen atoms in total. The lowest BCUT2D eigenvalue weighted by atomic mass is 9.86. The average molecular weight is 371 g/mol. The van der Waals surface area contributed by atoms with Crippen LogP contribution in [0.1, 0.15) is 65.8 Å². The number of fused-ring (bicyclic) bond motifs is 3. The van der Waals surface area contributed by atoms with Gasteiger partial charge in [-0.2, -0.15) is 0 Å². The van der Waals surface area contributed by atoms with Gasteiger partial charge in [0.2, 0.25) is 0 Å². The van der Waals surface area contributed by atoms with Crippen molar-refractivity contribution in [3.05, 3.63) is 51.4 Å². The van der Waals surface area contributed by atoms with Crippen LogP contribution in [-0.2, 0) is 18.4 Å². The van der Waals surface area contributed by atoms with Gasteiger partial charge in [0.1, 0.15) is 17.7 Å². The molecule has 1 amide bonds. The molecular weight excluding hydrogens is 342 g/mol. The normalized spacial score (nSPS) is 22.2. The van der Waals surface area contributed by atoms with Gasteiger partial charge in [-0.3, -0.25) is 4.79 Å². The molecule has 0 fully saturated rings. The van der Waals surface area contributed by atoms with Gasteiger partial charge in [-0.05, 0) is 29.0 Å². The summed E-state index contributed by atoms with van der Waals surface area (Å²) in [6, 6.07) is 8.58. The third kappa shape index (κ3) is 3.03. The molecule has 0 saturated carbocycles. The van der Waals surface area contributed by atoms with E-state index >= 15 is 0 Å². The number of benzene rings is 1. The number of hydrogen-bond acceptors (Lipinski definition) is 3. The first kappa shape index (κ1) is 17.6. The van der Waals surface area contributed by atoms with Crippen molar-refractivity contribution in [2.24, 2.45) is 0 Å². The van der Waals surface area contributed by atoms with Gasteiger partial charge in [0.15, 0.2) is 0 Å². The first-order chi connectivity index (χ1) is 12.4. The Balaban J connectivity index is 1.61. The first-order valence-electron chi connectivity index (χ1n) is 9.52. The molecular formula is C21H28N3OS+. The van der Waals surface area contributed by atoms with Crippen molar-refractivity contribution < 1.29 is 9.69 Å². The number of nitrogens with one attached hydrogen (secondary N) is 3. The molecule has 2 atom stereocenters. The van der Waals surface area contributed by atoms with E-state index in [1.807, 2.05) is 0 Å². The summed E-state index contributed by atoms with van der Waals surface area (Å²) in [6.07, 6.45) is 0.850. The zero-order chi connectivity index (χ0) is 18.5. The second-order valence-corrected chi connectivity index (χ2v) is 9.52. The highest BCUT2D eigenvalue weighted by atomic mass is 32.1. The number of anilines is 1. The monoisotopic (exact) mass is 370 g/mol. The topological polar surface area (TPSA) is 45.6 Å². The van der Waals surface area contributed by atoms with Gasteiger partial charge in [-0.1, -0.05) is 45.0 Å². The van der Waals surface area contributed by atoms with Crippen molar-refractivity contribution in [3.8, 4) is 0 Å². The number of carbonyl (C=O) groups is 1. The molecule has 3 heterocycles. The van der Waals surface area contributed by atoms with Crippen LogP contribution in [0, 0.1) is 0 Å². The molecule has 4 rings (SSSR count). The quantitative estimate of drug-likeness (QED) is 0.761. The van der Waals surface area contributed by atoms with Gasteiger partial charge in [0.25, 0.3) is 5.91 Å². The van der Waals surface area contributed by atoms with E-state index in [1.54, 1.807) is 16.2 Å². The number of rotatable bonds is 2. The minimum Gasteiger partial charge on any atom is -0.353 e. The minimum absolute atomic E-state index is 0.0705. The SMILES string of the molecule is CC[NH+]1CCc2c(sc3c2C(=O)N[C@H](c2ccc(C(C)(C)C)cc2)N3)C1. The van der Waals surface area contributed by atoms with Crippen LogP contribution in [0.15, 0.2) is 24.3 Å². The van der Waals surface area contributed by atoms with Crippen molar-refractivity contribution in [2.75, 3.05) is 18.4 Å². The van der Waals surface area contributed by atoms with E-state index in [0.29, 0.717) is 0 Å². The lowest BCUT2D eigenvalue weighted by Crippen LogP contribution is -3.11. The number of amides is 1. The molecule has 1 aromatic heterocycles. The molecule has 2 aromatic rings. The largest absolute Gasteiger partial charge is 0.353 e. The maximum absolute atomic E-state index is 12.8. The molecule has 0 saturated heterocycles. The highest BCUT2D eigenvalue weighted by Crippen LogP contribution is 2.39. The molecule has 0 aliphatic carbocycles. The van der Waals surface area contributed by atoms with Crippen LogP contribution in [0.5, 0.6) is 0 Å². The summed E-state index contributed by atoms with van der Waals surface area (Å²) in [5.74, 6) is 0.0705. The molecule has 138 valence electrons. The third-order valence-corrected chi connectivity index (χ3v) is 6.78. The van der Waals surface area contributed by atoms with Gasteiger partial charge >= 0.3 is 0 Å². The summed E-state index contributed by atoms with van der Waals surface area (Å²) < 4.78 is 0.